The molecular formula is C17H21N3O2. The zero-order chi connectivity index (χ0) is 15.4. The first kappa shape index (κ1) is 14.8. The summed E-state index contributed by atoms with van der Waals surface area (Å²) in [5, 5.41) is 3.23. The predicted octanol–water partition coefficient (Wildman–Crippen LogP) is 2.56. The Morgan fingerprint density at radius 2 is 2.23 bits per heavy atom. The Bertz CT molecular complexity index is 631. The molecule has 1 amide bonds. The lowest BCUT2D eigenvalue weighted by atomic mass is 9.87. The summed E-state index contributed by atoms with van der Waals surface area (Å²) < 4.78 is 7.31. The van der Waals surface area contributed by atoms with Crippen molar-refractivity contribution in [3.05, 3.63) is 48.5 Å². The molecule has 0 saturated carbocycles. The third kappa shape index (κ3) is 3.04. The van der Waals surface area contributed by atoms with Crippen LogP contribution in [0.2, 0.25) is 0 Å². The third-order valence-electron chi connectivity index (χ3n) is 4.42. The Morgan fingerprint density at radius 1 is 1.41 bits per heavy atom. The van der Waals surface area contributed by atoms with Crippen LogP contribution in [0, 0.1) is 0 Å². The van der Waals surface area contributed by atoms with Gasteiger partial charge in [0, 0.05) is 42.4 Å². The molecule has 1 aromatic heterocycles. The van der Waals surface area contributed by atoms with Crippen molar-refractivity contribution in [2.45, 2.75) is 31.7 Å². The molecule has 2 heterocycles. The summed E-state index contributed by atoms with van der Waals surface area (Å²) in [7, 11) is 0. The smallest absolute Gasteiger partial charge is 0.251 e. The van der Waals surface area contributed by atoms with E-state index in [0.29, 0.717) is 18.8 Å². The van der Waals surface area contributed by atoms with Crippen molar-refractivity contribution in [3.63, 3.8) is 0 Å². The highest BCUT2D eigenvalue weighted by Gasteiger charge is 2.32. The minimum atomic E-state index is -0.139. The molecule has 0 spiro atoms. The molecule has 1 aromatic carbocycles. The van der Waals surface area contributed by atoms with Crippen molar-refractivity contribution >= 4 is 5.91 Å². The standard InChI is InChI=1S/C17H21N3O2/c1-2-17(6-10-22-11-7-17)19-16(21)14-4-3-5-15(12-14)20-9-8-18-13-20/h3-5,8-9,12-13H,2,6-7,10-11H2,1H3,(H,19,21). The van der Waals surface area contributed by atoms with Gasteiger partial charge >= 0.3 is 0 Å². The van der Waals surface area contributed by atoms with E-state index in [0.717, 1.165) is 24.9 Å². The first-order valence-corrected chi connectivity index (χ1v) is 7.71. The molecule has 1 aliphatic rings. The Hall–Kier alpha value is -2.14. The average molecular weight is 299 g/mol. The van der Waals surface area contributed by atoms with Crippen LogP contribution in [0.25, 0.3) is 5.69 Å². The normalized spacial score (nSPS) is 17.1. The number of amides is 1. The van der Waals surface area contributed by atoms with E-state index in [4.69, 9.17) is 4.74 Å². The molecule has 5 heteroatoms. The van der Waals surface area contributed by atoms with Crippen molar-refractivity contribution in [2.75, 3.05) is 13.2 Å². The third-order valence-corrected chi connectivity index (χ3v) is 4.42. The van der Waals surface area contributed by atoms with E-state index < -0.39 is 0 Å². The zero-order valence-corrected chi connectivity index (χ0v) is 12.8. The fraction of sp³-hybridized carbons (Fsp3) is 0.412. The van der Waals surface area contributed by atoms with Gasteiger partial charge in [-0.05, 0) is 37.5 Å². The van der Waals surface area contributed by atoms with Gasteiger partial charge in [0.2, 0.25) is 0 Å². The maximum atomic E-state index is 12.6. The number of carbonyl (C=O) groups excluding carboxylic acids is 1. The highest BCUT2D eigenvalue weighted by Crippen LogP contribution is 2.25. The van der Waals surface area contributed by atoms with Crippen molar-refractivity contribution in [1.29, 1.82) is 0 Å². The fourth-order valence-electron chi connectivity index (χ4n) is 2.86. The molecule has 1 saturated heterocycles. The van der Waals surface area contributed by atoms with Crippen molar-refractivity contribution < 1.29 is 9.53 Å². The molecule has 22 heavy (non-hydrogen) atoms. The lowest BCUT2D eigenvalue weighted by molar-refractivity contribution is 0.0345. The molecule has 0 aliphatic carbocycles. The van der Waals surface area contributed by atoms with E-state index in [1.54, 1.807) is 12.5 Å². The van der Waals surface area contributed by atoms with Gasteiger partial charge in [-0.25, -0.2) is 4.98 Å². The van der Waals surface area contributed by atoms with Crippen molar-refractivity contribution in [2.24, 2.45) is 0 Å². The summed E-state index contributed by atoms with van der Waals surface area (Å²) in [5.41, 5.74) is 1.47. The molecule has 0 unspecified atom stereocenters. The molecule has 1 aliphatic heterocycles. The van der Waals surface area contributed by atoms with Crippen LogP contribution in [0.4, 0.5) is 0 Å². The van der Waals surface area contributed by atoms with Gasteiger partial charge in [0.25, 0.3) is 5.91 Å². The van der Waals surface area contributed by atoms with Crippen LogP contribution in [-0.4, -0.2) is 34.2 Å². The molecule has 116 valence electrons. The maximum absolute atomic E-state index is 12.6. The van der Waals surface area contributed by atoms with Crippen LogP contribution < -0.4 is 5.32 Å². The summed E-state index contributed by atoms with van der Waals surface area (Å²) in [6.07, 6.45) is 7.98. The van der Waals surface area contributed by atoms with Crippen LogP contribution in [0.15, 0.2) is 43.0 Å². The number of carbonyl (C=O) groups is 1. The number of imidazole rings is 1. The first-order valence-electron chi connectivity index (χ1n) is 7.71. The van der Waals surface area contributed by atoms with E-state index >= 15 is 0 Å². The topological polar surface area (TPSA) is 56.2 Å². The van der Waals surface area contributed by atoms with E-state index in [-0.39, 0.29) is 11.4 Å². The number of hydrogen-bond donors (Lipinski definition) is 1. The van der Waals surface area contributed by atoms with Crippen LogP contribution >= 0.6 is 0 Å². The molecular weight excluding hydrogens is 278 g/mol. The quantitative estimate of drug-likeness (QED) is 0.944. The fourth-order valence-corrected chi connectivity index (χ4v) is 2.86. The number of nitrogens with one attached hydrogen (secondary N) is 1. The van der Waals surface area contributed by atoms with Crippen molar-refractivity contribution in [3.8, 4) is 5.69 Å². The Kier molecular flexibility index (Phi) is 4.24. The Morgan fingerprint density at radius 3 is 2.91 bits per heavy atom. The van der Waals surface area contributed by atoms with Crippen LogP contribution in [0.3, 0.4) is 0 Å². The van der Waals surface area contributed by atoms with Gasteiger partial charge in [-0.2, -0.15) is 0 Å². The highest BCUT2D eigenvalue weighted by atomic mass is 16.5. The highest BCUT2D eigenvalue weighted by molar-refractivity contribution is 5.95. The van der Waals surface area contributed by atoms with E-state index in [1.807, 2.05) is 35.0 Å². The summed E-state index contributed by atoms with van der Waals surface area (Å²) in [4.78, 5) is 16.7. The van der Waals surface area contributed by atoms with E-state index in [1.165, 1.54) is 0 Å². The number of benzene rings is 1. The first-order chi connectivity index (χ1) is 10.7. The number of aromatic nitrogens is 2. The summed E-state index contributed by atoms with van der Waals surface area (Å²) >= 11 is 0. The van der Waals surface area contributed by atoms with Gasteiger partial charge in [0.15, 0.2) is 0 Å². The second-order valence-corrected chi connectivity index (χ2v) is 5.72. The van der Waals surface area contributed by atoms with Gasteiger partial charge in [-0.15, -0.1) is 0 Å². The summed E-state index contributed by atoms with van der Waals surface area (Å²) in [6.45, 7) is 3.54. The number of ether oxygens (including phenoxy) is 1. The van der Waals surface area contributed by atoms with E-state index in [2.05, 4.69) is 17.2 Å². The summed E-state index contributed by atoms with van der Waals surface area (Å²) in [6, 6.07) is 7.59. The number of hydrogen-bond acceptors (Lipinski definition) is 3. The van der Waals surface area contributed by atoms with Crippen LogP contribution in [0.5, 0.6) is 0 Å². The molecule has 5 nitrogen and oxygen atoms in total. The monoisotopic (exact) mass is 299 g/mol. The molecule has 0 bridgehead atoms. The predicted molar refractivity (Wildman–Crippen MR) is 84.1 cm³/mol. The minimum absolute atomic E-state index is 0.0225. The molecule has 1 fully saturated rings. The Labute approximate surface area is 130 Å². The molecule has 1 N–H and O–H groups in total. The van der Waals surface area contributed by atoms with Crippen LogP contribution in [-0.2, 0) is 4.74 Å². The van der Waals surface area contributed by atoms with E-state index in [9.17, 15) is 4.79 Å². The molecule has 2 aromatic rings. The molecule has 0 atom stereocenters. The second-order valence-electron chi connectivity index (χ2n) is 5.72. The second kappa shape index (κ2) is 6.32. The average Bonchev–Trinajstić information content (AvgIpc) is 3.10. The zero-order valence-electron chi connectivity index (χ0n) is 12.8. The number of rotatable bonds is 4. The maximum Gasteiger partial charge on any atom is 0.251 e. The minimum Gasteiger partial charge on any atom is -0.381 e. The lowest BCUT2D eigenvalue weighted by Crippen LogP contribution is -2.51. The van der Waals surface area contributed by atoms with Gasteiger partial charge in [0.05, 0.1) is 6.33 Å². The SMILES string of the molecule is CCC1(NC(=O)c2cccc(-n3ccnc3)c2)CCOCC1. The number of nitrogens with zero attached hydrogens (tertiary/aromatic N) is 2. The molecule has 3 rings (SSSR count). The molecule has 0 radical (unpaired) electrons. The van der Waals surface area contributed by atoms with Gasteiger partial charge in [-0.3, -0.25) is 4.79 Å². The largest absolute Gasteiger partial charge is 0.381 e. The van der Waals surface area contributed by atoms with Crippen LogP contribution in [0.1, 0.15) is 36.5 Å². The van der Waals surface area contributed by atoms with Gasteiger partial charge in [-0.1, -0.05) is 13.0 Å². The van der Waals surface area contributed by atoms with Gasteiger partial charge in [0.1, 0.15) is 0 Å². The Balaban J connectivity index is 1.79. The lowest BCUT2D eigenvalue weighted by Gasteiger charge is -2.37. The van der Waals surface area contributed by atoms with Crippen molar-refractivity contribution in [1.82, 2.24) is 14.9 Å². The van der Waals surface area contributed by atoms with Gasteiger partial charge < -0.3 is 14.6 Å². The summed E-state index contributed by atoms with van der Waals surface area (Å²) in [5.74, 6) is -0.0225.